The zero-order chi connectivity index (χ0) is 21.3. The van der Waals surface area contributed by atoms with Crippen LogP contribution in [0.25, 0.3) is 22.2 Å². The van der Waals surface area contributed by atoms with Crippen molar-refractivity contribution < 1.29 is 4.79 Å². The van der Waals surface area contributed by atoms with Crippen molar-refractivity contribution in [2.75, 3.05) is 0 Å². The number of aromatic nitrogens is 4. The molecule has 2 bridgehead atoms. The van der Waals surface area contributed by atoms with Crippen LogP contribution in [0, 0.1) is 12.3 Å². The highest BCUT2D eigenvalue weighted by Crippen LogP contribution is 2.55. The number of hydrogen-bond donors (Lipinski definition) is 1. The maximum atomic E-state index is 12.4. The van der Waals surface area contributed by atoms with Gasteiger partial charge in [-0.15, -0.1) is 6.42 Å². The number of rotatable bonds is 3. The second-order valence-electron chi connectivity index (χ2n) is 8.52. The first-order valence-electron chi connectivity index (χ1n) is 10.5. The second-order valence-corrected chi connectivity index (χ2v) is 8.52. The highest BCUT2D eigenvalue weighted by atomic mass is 16.1. The van der Waals surface area contributed by atoms with E-state index in [1.54, 1.807) is 0 Å². The third kappa shape index (κ3) is 2.50. The summed E-state index contributed by atoms with van der Waals surface area (Å²) in [5.41, 5.74) is 12.8. The Kier molecular flexibility index (Phi) is 3.66. The van der Waals surface area contributed by atoms with Gasteiger partial charge in [-0.05, 0) is 42.5 Å². The van der Waals surface area contributed by atoms with Crippen molar-refractivity contribution in [1.29, 1.82) is 0 Å². The average Bonchev–Trinajstić information content (AvgIpc) is 3.18. The van der Waals surface area contributed by atoms with Gasteiger partial charge in [-0.3, -0.25) is 9.48 Å². The van der Waals surface area contributed by atoms with E-state index in [9.17, 15) is 4.79 Å². The Morgan fingerprint density at radius 2 is 2.03 bits per heavy atom. The number of hydrogen-bond acceptors (Lipinski definition) is 3. The SMILES string of the molecule is C#Cc1ccc2c(c1)-c1nc(C(N)=O)n(Cc3nn(C)c4ccccc34)c1C1CC2C1. The van der Waals surface area contributed by atoms with Gasteiger partial charge in [0.1, 0.15) is 0 Å². The highest BCUT2D eigenvalue weighted by Gasteiger charge is 2.42. The van der Waals surface area contributed by atoms with Gasteiger partial charge in [-0.25, -0.2) is 4.98 Å². The Labute approximate surface area is 179 Å². The number of aryl methyl sites for hydroxylation is 1. The highest BCUT2D eigenvalue weighted by molar-refractivity contribution is 5.91. The van der Waals surface area contributed by atoms with Gasteiger partial charge in [0.25, 0.3) is 5.91 Å². The molecule has 3 aliphatic carbocycles. The molecule has 31 heavy (non-hydrogen) atoms. The van der Waals surface area contributed by atoms with Crippen molar-refractivity contribution in [3.05, 3.63) is 70.8 Å². The monoisotopic (exact) mass is 407 g/mol. The fourth-order valence-electron chi connectivity index (χ4n) is 5.28. The number of amides is 1. The number of fused-ring (bicyclic) bond motifs is 1. The zero-order valence-corrected chi connectivity index (χ0v) is 17.2. The standard InChI is InChI=1S/C25H21N5O/c1-3-14-8-9-17-15-11-16(12-15)23-22(19(17)10-14)27-25(24(26)31)30(23)13-20-18-6-4-5-7-21(18)29(2)28-20/h1,4-10,15-16H,11-13H2,2H3,(H2,26,31). The molecule has 7 rings (SSSR count). The van der Waals surface area contributed by atoms with E-state index < -0.39 is 5.91 Å². The molecule has 4 aromatic rings. The average molecular weight is 407 g/mol. The first kappa shape index (κ1) is 18.0. The summed E-state index contributed by atoms with van der Waals surface area (Å²) < 4.78 is 3.86. The number of imidazole rings is 1. The van der Waals surface area contributed by atoms with Crippen LogP contribution in [-0.4, -0.2) is 25.2 Å². The Morgan fingerprint density at radius 3 is 2.81 bits per heavy atom. The van der Waals surface area contributed by atoms with Crippen molar-refractivity contribution in [3.63, 3.8) is 0 Å². The van der Waals surface area contributed by atoms with E-state index in [2.05, 4.69) is 18.1 Å². The summed E-state index contributed by atoms with van der Waals surface area (Å²) >= 11 is 0. The van der Waals surface area contributed by atoms with E-state index in [1.807, 2.05) is 46.6 Å². The Morgan fingerprint density at radius 1 is 1.23 bits per heavy atom. The molecule has 2 aromatic carbocycles. The Balaban J connectivity index is 1.58. The molecule has 0 unspecified atom stereocenters. The third-order valence-corrected chi connectivity index (χ3v) is 6.81. The van der Waals surface area contributed by atoms with Crippen molar-refractivity contribution in [2.45, 2.75) is 31.2 Å². The van der Waals surface area contributed by atoms with Crippen LogP contribution in [0.4, 0.5) is 0 Å². The summed E-state index contributed by atoms with van der Waals surface area (Å²) in [7, 11) is 1.93. The molecule has 2 heterocycles. The maximum absolute atomic E-state index is 12.4. The summed E-state index contributed by atoms with van der Waals surface area (Å²) in [6.45, 7) is 0.452. The molecular formula is C25H21N5O. The van der Waals surface area contributed by atoms with E-state index in [0.717, 1.165) is 52.0 Å². The summed E-state index contributed by atoms with van der Waals surface area (Å²) in [5, 5.41) is 5.80. The lowest BCUT2D eigenvalue weighted by Gasteiger charge is -2.34. The van der Waals surface area contributed by atoms with Crippen LogP contribution >= 0.6 is 0 Å². The number of primary amides is 1. The minimum absolute atomic E-state index is 0.280. The molecule has 3 aliphatic rings. The van der Waals surface area contributed by atoms with Crippen LogP contribution in [0.1, 0.15) is 57.8 Å². The van der Waals surface area contributed by atoms with Crippen LogP contribution in [-0.2, 0) is 13.6 Å². The number of terminal acetylenes is 1. The normalized spacial score (nSPS) is 18.6. The number of carbonyl (C=O) groups is 1. The van der Waals surface area contributed by atoms with Gasteiger partial charge in [-0.1, -0.05) is 30.2 Å². The molecule has 1 saturated carbocycles. The fraction of sp³-hybridized carbons (Fsp3) is 0.240. The number of benzene rings is 2. The van der Waals surface area contributed by atoms with E-state index >= 15 is 0 Å². The van der Waals surface area contributed by atoms with Crippen molar-refractivity contribution >= 4 is 16.8 Å². The predicted octanol–water partition coefficient (Wildman–Crippen LogP) is 3.54. The second kappa shape index (κ2) is 6.32. The maximum Gasteiger partial charge on any atom is 0.284 e. The first-order chi connectivity index (χ1) is 15.0. The molecule has 2 aromatic heterocycles. The minimum Gasteiger partial charge on any atom is -0.363 e. The van der Waals surface area contributed by atoms with Gasteiger partial charge in [0.05, 0.1) is 23.4 Å². The van der Waals surface area contributed by atoms with Crippen LogP contribution < -0.4 is 5.73 Å². The third-order valence-electron chi connectivity index (χ3n) is 6.81. The molecular weight excluding hydrogens is 386 g/mol. The van der Waals surface area contributed by atoms with Crippen molar-refractivity contribution in [1.82, 2.24) is 19.3 Å². The van der Waals surface area contributed by atoms with Gasteiger partial charge in [-0.2, -0.15) is 5.10 Å². The molecule has 0 atom stereocenters. The van der Waals surface area contributed by atoms with Gasteiger partial charge < -0.3 is 10.3 Å². The summed E-state index contributed by atoms with van der Waals surface area (Å²) in [6.07, 6.45) is 7.76. The van der Waals surface area contributed by atoms with Gasteiger partial charge in [0, 0.05) is 35.2 Å². The summed E-state index contributed by atoms with van der Waals surface area (Å²) in [4.78, 5) is 17.2. The zero-order valence-electron chi connectivity index (χ0n) is 17.2. The van der Waals surface area contributed by atoms with E-state index in [-0.39, 0.29) is 5.82 Å². The molecule has 0 aliphatic heterocycles. The molecule has 6 nitrogen and oxygen atoms in total. The van der Waals surface area contributed by atoms with Gasteiger partial charge >= 0.3 is 0 Å². The van der Waals surface area contributed by atoms with Crippen LogP contribution in [0.5, 0.6) is 0 Å². The molecule has 2 N–H and O–H groups in total. The summed E-state index contributed by atoms with van der Waals surface area (Å²) in [6, 6.07) is 14.2. The van der Waals surface area contributed by atoms with E-state index in [0.29, 0.717) is 18.4 Å². The number of carbonyl (C=O) groups excluding carboxylic acids is 1. The molecule has 1 fully saturated rings. The minimum atomic E-state index is -0.529. The lowest BCUT2D eigenvalue weighted by Crippen LogP contribution is -2.25. The predicted molar refractivity (Wildman–Crippen MR) is 119 cm³/mol. The lowest BCUT2D eigenvalue weighted by atomic mass is 9.71. The van der Waals surface area contributed by atoms with Crippen LogP contribution in [0.2, 0.25) is 0 Å². The Hall–Kier alpha value is -3.85. The van der Waals surface area contributed by atoms with Crippen LogP contribution in [0.3, 0.4) is 0 Å². The Bertz CT molecular complexity index is 1430. The molecule has 0 radical (unpaired) electrons. The van der Waals surface area contributed by atoms with Gasteiger partial charge in [0.15, 0.2) is 5.82 Å². The summed E-state index contributed by atoms with van der Waals surface area (Å²) in [5.74, 6) is 3.32. The number of para-hydroxylation sites is 1. The van der Waals surface area contributed by atoms with E-state index in [4.69, 9.17) is 22.2 Å². The fourth-order valence-corrected chi connectivity index (χ4v) is 5.28. The molecule has 1 amide bonds. The smallest absolute Gasteiger partial charge is 0.284 e. The quantitative estimate of drug-likeness (QED) is 0.528. The molecule has 0 saturated heterocycles. The van der Waals surface area contributed by atoms with Crippen molar-refractivity contribution in [2.24, 2.45) is 12.8 Å². The molecule has 152 valence electrons. The topological polar surface area (TPSA) is 78.7 Å². The molecule has 0 spiro atoms. The van der Waals surface area contributed by atoms with Gasteiger partial charge in [0.2, 0.25) is 0 Å². The number of nitrogens with two attached hydrogens (primary N) is 1. The van der Waals surface area contributed by atoms with Crippen molar-refractivity contribution in [3.8, 4) is 23.6 Å². The number of nitrogens with zero attached hydrogens (tertiary/aromatic N) is 4. The molecule has 6 heteroatoms. The lowest BCUT2D eigenvalue weighted by molar-refractivity contribution is 0.0986. The first-order valence-corrected chi connectivity index (χ1v) is 10.5. The largest absolute Gasteiger partial charge is 0.363 e. The van der Waals surface area contributed by atoms with Crippen LogP contribution in [0.15, 0.2) is 42.5 Å². The van der Waals surface area contributed by atoms with E-state index in [1.165, 1.54) is 5.56 Å².